The third-order valence-corrected chi connectivity index (χ3v) is 5.06. The molecule has 94 valence electrons. The number of allylic oxidation sites excluding steroid dienone is 2. The normalized spacial score (nSPS) is 36.2. The molecule has 1 fully saturated rings. The topological polar surface area (TPSA) is 0 Å². The van der Waals surface area contributed by atoms with Crippen molar-refractivity contribution < 1.29 is 0 Å². The molecule has 0 heterocycles. The van der Waals surface area contributed by atoms with Crippen LogP contribution in [-0.4, -0.2) is 0 Å². The van der Waals surface area contributed by atoms with E-state index < -0.39 is 0 Å². The molecule has 1 saturated carbocycles. The Morgan fingerprint density at radius 3 is 2.12 bits per heavy atom. The summed E-state index contributed by atoms with van der Waals surface area (Å²) >= 11 is 0. The Bertz CT molecular complexity index is 241. The van der Waals surface area contributed by atoms with Gasteiger partial charge >= 0.3 is 0 Å². The van der Waals surface area contributed by atoms with Crippen LogP contribution in [0.3, 0.4) is 0 Å². The fourth-order valence-electron chi connectivity index (χ4n) is 3.35. The van der Waals surface area contributed by atoms with E-state index in [-0.39, 0.29) is 0 Å². The maximum Gasteiger partial charge on any atom is -0.00568 e. The number of unbranched alkanes of at least 4 members (excludes halogenated alkanes) is 1. The molecule has 0 aliphatic heterocycles. The molecule has 0 radical (unpaired) electrons. The van der Waals surface area contributed by atoms with Gasteiger partial charge in [0, 0.05) is 0 Å². The summed E-state index contributed by atoms with van der Waals surface area (Å²) in [4.78, 5) is 0. The third kappa shape index (κ3) is 2.36. The van der Waals surface area contributed by atoms with Gasteiger partial charge in [0.2, 0.25) is 0 Å². The van der Waals surface area contributed by atoms with Crippen molar-refractivity contribution in [1.82, 2.24) is 0 Å². The predicted molar refractivity (Wildman–Crippen MR) is 73.5 cm³/mol. The van der Waals surface area contributed by atoms with Crippen LogP contribution in [0.25, 0.3) is 0 Å². The molecule has 0 aromatic heterocycles. The molecule has 1 aliphatic carbocycles. The van der Waals surface area contributed by atoms with Crippen molar-refractivity contribution in [1.29, 1.82) is 0 Å². The molecule has 0 amide bonds. The first kappa shape index (κ1) is 13.8. The van der Waals surface area contributed by atoms with E-state index in [1.165, 1.54) is 25.7 Å². The van der Waals surface area contributed by atoms with Gasteiger partial charge in [-0.1, -0.05) is 66.0 Å². The van der Waals surface area contributed by atoms with E-state index in [1.54, 1.807) is 5.57 Å². The van der Waals surface area contributed by atoms with E-state index in [4.69, 9.17) is 0 Å². The van der Waals surface area contributed by atoms with Crippen molar-refractivity contribution >= 4 is 0 Å². The molecular weight excluding hydrogens is 192 g/mol. The van der Waals surface area contributed by atoms with Crippen LogP contribution in [0, 0.1) is 23.2 Å². The molecule has 3 atom stereocenters. The maximum absolute atomic E-state index is 2.56. The van der Waals surface area contributed by atoms with Gasteiger partial charge in [0.15, 0.2) is 0 Å². The monoisotopic (exact) mass is 222 g/mol. The first-order valence-electron chi connectivity index (χ1n) is 7.20. The van der Waals surface area contributed by atoms with Gasteiger partial charge in [-0.25, -0.2) is 0 Å². The Labute approximate surface area is 103 Å². The lowest BCUT2D eigenvalue weighted by Crippen LogP contribution is -2.12. The molecule has 0 aromatic rings. The summed E-state index contributed by atoms with van der Waals surface area (Å²) in [7, 11) is 0. The molecular formula is C16H30. The molecule has 3 unspecified atom stereocenters. The second-order valence-corrected chi connectivity index (χ2v) is 6.00. The van der Waals surface area contributed by atoms with Crippen molar-refractivity contribution in [2.75, 3.05) is 0 Å². The molecule has 0 N–H and O–H groups in total. The lowest BCUT2D eigenvalue weighted by Gasteiger charge is -2.23. The van der Waals surface area contributed by atoms with Gasteiger partial charge in [-0.2, -0.15) is 0 Å². The quantitative estimate of drug-likeness (QED) is 0.525. The second-order valence-electron chi connectivity index (χ2n) is 6.00. The number of hydrogen-bond acceptors (Lipinski definition) is 0. The summed E-state index contributed by atoms with van der Waals surface area (Å²) in [5, 5.41) is 0. The SMILES string of the molecule is CCCC=C(C(C)CCC)C1(C)C(C)C1C. The van der Waals surface area contributed by atoms with Gasteiger partial charge in [0.25, 0.3) is 0 Å². The first-order chi connectivity index (χ1) is 7.50. The van der Waals surface area contributed by atoms with Crippen LogP contribution in [-0.2, 0) is 0 Å². The predicted octanol–water partition coefficient (Wildman–Crippen LogP) is 5.44. The summed E-state index contributed by atoms with van der Waals surface area (Å²) in [5.74, 6) is 2.55. The van der Waals surface area contributed by atoms with Crippen molar-refractivity contribution in [3.05, 3.63) is 11.6 Å². The van der Waals surface area contributed by atoms with Crippen molar-refractivity contribution in [2.24, 2.45) is 23.2 Å². The lowest BCUT2D eigenvalue weighted by molar-refractivity contribution is 0.469. The largest absolute Gasteiger partial charge is 0.0845 e. The van der Waals surface area contributed by atoms with Gasteiger partial charge in [0.05, 0.1) is 0 Å². The zero-order valence-electron chi connectivity index (χ0n) is 12.1. The summed E-state index contributed by atoms with van der Waals surface area (Å²) in [6.45, 7) is 14.3. The van der Waals surface area contributed by atoms with E-state index >= 15 is 0 Å². The molecule has 1 aliphatic rings. The molecule has 0 saturated heterocycles. The van der Waals surface area contributed by atoms with Crippen molar-refractivity contribution in [3.63, 3.8) is 0 Å². The van der Waals surface area contributed by atoms with Gasteiger partial charge in [-0.05, 0) is 36.0 Å². The van der Waals surface area contributed by atoms with E-state index in [0.717, 1.165) is 17.8 Å². The van der Waals surface area contributed by atoms with Crippen LogP contribution in [0.5, 0.6) is 0 Å². The number of hydrogen-bond donors (Lipinski definition) is 0. The van der Waals surface area contributed by atoms with E-state index in [1.807, 2.05) is 0 Å². The Kier molecular flexibility index (Phi) is 4.64. The average molecular weight is 222 g/mol. The minimum Gasteiger partial charge on any atom is -0.0845 e. The Balaban J connectivity index is 2.81. The summed E-state index contributed by atoms with van der Waals surface area (Å²) in [6.07, 6.45) is 7.76. The third-order valence-electron chi connectivity index (χ3n) is 5.06. The van der Waals surface area contributed by atoms with Crippen LogP contribution < -0.4 is 0 Å². The molecule has 0 nitrogen and oxygen atoms in total. The molecule has 16 heavy (non-hydrogen) atoms. The zero-order chi connectivity index (χ0) is 12.3. The Hall–Kier alpha value is -0.260. The minimum absolute atomic E-state index is 0.518. The van der Waals surface area contributed by atoms with Crippen LogP contribution in [0.2, 0.25) is 0 Å². The highest BCUT2D eigenvalue weighted by atomic mass is 14.6. The minimum atomic E-state index is 0.518. The molecule has 0 spiro atoms. The fraction of sp³-hybridized carbons (Fsp3) is 0.875. The van der Waals surface area contributed by atoms with Crippen LogP contribution in [0.4, 0.5) is 0 Å². The Morgan fingerprint density at radius 1 is 1.19 bits per heavy atom. The molecule has 0 heteroatoms. The highest BCUT2D eigenvalue weighted by Gasteiger charge is 2.57. The summed E-state index contributed by atoms with van der Waals surface area (Å²) in [6, 6.07) is 0. The number of rotatable bonds is 6. The highest BCUT2D eigenvalue weighted by molar-refractivity contribution is 5.28. The van der Waals surface area contributed by atoms with Crippen molar-refractivity contribution in [3.8, 4) is 0 Å². The first-order valence-corrected chi connectivity index (χ1v) is 7.20. The van der Waals surface area contributed by atoms with Crippen LogP contribution in [0.15, 0.2) is 11.6 Å². The highest BCUT2D eigenvalue weighted by Crippen LogP contribution is 2.64. The smallest absolute Gasteiger partial charge is 0.00568 e. The molecule has 0 bridgehead atoms. The second kappa shape index (κ2) is 5.38. The van der Waals surface area contributed by atoms with Gasteiger partial charge in [0.1, 0.15) is 0 Å². The lowest BCUT2D eigenvalue weighted by atomic mass is 9.82. The van der Waals surface area contributed by atoms with Crippen molar-refractivity contribution in [2.45, 2.75) is 67.2 Å². The van der Waals surface area contributed by atoms with Gasteiger partial charge < -0.3 is 0 Å². The molecule has 1 rings (SSSR count). The van der Waals surface area contributed by atoms with Crippen LogP contribution >= 0.6 is 0 Å². The standard InChI is InChI=1S/C16H30/c1-7-9-11-15(12(3)10-8-2)16(6)13(4)14(16)5/h11-14H,7-10H2,1-6H3. The maximum atomic E-state index is 2.56. The van der Waals surface area contributed by atoms with Crippen LogP contribution in [0.1, 0.15) is 67.2 Å². The summed E-state index contributed by atoms with van der Waals surface area (Å²) < 4.78 is 0. The Morgan fingerprint density at radius 2 is 1.75 bits per heavy atom. The fourth-order valence-corrected chi connectivity index (χ4v) is 3.35. The van der Waals surface area contributed by atoms with E-state index in [9.17, 15) is 0 Å². The van der Waals surface area contributed by atoms with Gasteiger partial charge in [-0.15, -0.1) is 0 Å². The molecule has 0 aromatic carbocycles. The van der Waals surface area contributed by atoms with Gasteiger partial charge in [-0.3, -0.25) is 0 Å². The summed E-state index contributed by atoms with van der Waals surface area (Å²) in [5.41, 5.74) is 2.28. The average Bonchev–Trinajstić information content (AvgIpc) is 2.72. The van der Waals surface area contributed by atoms with E-state index in [0.29, 0.717) is 5.41 Å². The zero-order valence-corrected chi connectivity index (χ0v) is 12.1. The van der Waals surface area contributed by atoms with E-state index in [2.05, 4.69) is 47.6 Å².